The average Bonchev–Trinajstić information content (AvgIpc) is 2.66. The molecule has 0 bridgehead atoms. The zero-order chi connectivity index (χ0) is 22.4. The maximum atomic E-state index is 12.2. The van der Waals surface area contributed by atoms with E-state index in [0.29, 0.717) is 11.4 Å². The van der Waals surface area contributed by atoms with Crippen molar-refractivity contribution in [2.24, 2.45) is 0 Å². The summed E-state index contributed by atoms with van der Waals surface area (Å²) in [6.45, 7) is 4.34. The molecule has 1 aromatic carbocycles. The van der Waals surface area contributed by atoms with Crippen LogP contribution in [0, 0.1) is 0 Å². The summed E-state index contributed by atoms with van der Waals surface area (Å²) in [5.74, 6) is -0.132. The molecule has 0 fully saturated rings. The topological polar surface area (TPSA) is 26.3 Å². The highest BCUT2D eigenvalue weighted by atomic mass is 35.5. The first-order chi connectivity index (χ1) is 14.2. The molecule has 6 heteroatoms. The van der Waals surface area contributed by atoms with Crippen molar-refractivity contribution >= 4 is 40.8 Å². The maximum absolute atomic E-state index is 12.2. The van der Waals surface area contributed by atoms with Crippen molar-refractivity contribution in [3.63, 3.8) is 0 Å². The van der Waals surface area contributed by atoms with E-state index in [1.165, 1.54) is 76.3 Å². The predicted octanol–water partition coefficient (Wildman–Crippen LogP) is 8.33. The molecule has 0 heterocycles. The van der Waals surface area contributed by atoms with Crippen LogP contribution in [0.3, 0.4) is 0 Å². The highest BCUT2D eigenvalue weighted by Crippen LogP contribution is 2.36. The van der Waals surface area contributed by atoms with Gasteiger partial charge in [-0.3, -0.25) is 4.79 Å². The molecule has 0 amide bonds. The molecule has 0 radical (unpaired) electrons. The lowest BCUT2D eigenvalue weighted by atomic mass is 10.1. The third-order valence-electron chi connectivity index (χ3n) is 5.44. The van der Waals surface area contributed by atoms with Gasteiger partial charge >= 0.3 is 5.97 Å². The van der Waals surface area contributed by atoms with E-state index < -0.39 is 0 Å². The Balaban J connectivity index is 2.14. The standard InChI is InChI=1S/C24H39Cl3NO2/c1-4-5-6-7-8-9-10-11-12-13-16-28(2,3)17-14-15-23(29)30-24-21(26)18-20(25)19-22(24)27/h18-19H,4-17H2,1-3H3/q+1. The van der Waals surface area contributed by atoms with Gasteiger partial charge in [-0.25, -0.2) is 0 Å². The Labute approximate surface area is 198 Å². The van der Waals surface area contributed by atoms with Crippen molar-refractivity contribution in [2.45, 2.75) is 84.0 Å². The number of halogens is 3. The minimum atomic E-state index is -0.319. The molecule has 0 saturated heterocycles. The summed E-state index contributed by atoms with van der Waals surface area (Å²) in [5.41, 5.74) is 0. The van der Waals surface area contributed by atoms with E-state index in [0.717, 1.165) is 24.0 Å². The smallest absolute Gasteiger partial charge is 0.311 e. The molecule has 0 saturated carbocycles. The lowest BCUT2D eigenvalue weighted by Crippen LogP contribution is -2.41. The fourth-order valence-electron chi connectivity index (χ4n) is 3.58. The quantitative estimate of drug-likeness (QED) is 0.103. The summed E-state index contributed by atoms with van der Waals surface area (Å²) in [5, 5.41) is 0.909. The molecule has 0 spiro atoms. The molecule has 0 aliphatic rings. The van der Waals surface area contributed by atoms with Crippen LogP contribution in [-0.2, 0) is 4.79 Å². The summed E-state index contributed by atoms with van der Waals surface area (Å²) in [6.07, 6.45) is 14.6. The first-order valence-electron chi connectivity index (χ1n) is 11.4. The molecule has 0 aliphatic heterocycles. The normalized spacial score (nSPS) is 11.7. The monoisotopic (exact) mass is 478 g/mol. The van der Waals surface area contributed by atoms with Gasteiger partial charge in [-0.2, -0.15) is 0 Å². The van der Waals surface area contributed by atoms with Gasteiger partial charge in [0.05, 0.1) is 43.7 Å². The molecule has 1 aromatic rings. The van der Waals surface area contributed by atoms with Crippen molar-refractivity contribution in [2.75, 3.05) is 27.2 Å². The number of rotatable bonds is 16. The Morgan fingerprint density at radius 3 is 1.80 bits per heavy atom. The second-order valence-electron chi connectivity index (χ2n) is 8.84. The SMILES string of the molecule is CCCCCCCCCCCC[N+](C)(C)CCCC(=O)Oc1c(Cl)cc(Cl)cc1Cl. The number of unbranched alkanes of at least 4 members (excludes halogenated alkanes) is 9. The molecule has 1 rings (SSSR count). The molecule has 172 valence electrons. The fraction of sp³-hybridized carbons (Fsp3) is 0.708. The van der Waals surface area contributed by atoms with Crippen LogP contribution >= 0.6 is 34.8 Å². The molecule has 0 aliphatic carbocycles. The number of ether oxygens (including phenoxy) is 1. The number of nitrogens with zero attached hydrogens (tertiary/aromatic N) is 1. The third kappa shape index (κ3) is 12.4. The Hall–Kier alpha value is -0.480. The first-order valence-corrected chi connectivity index (χ1v) is 12.6. The molecule has 3 nitrogen and oxygen atoms in total. The van der Waals surface area contributed by atoms with Gasteiger partial charge in [0.2, 0.25) is 0 Å². The van der Waals surface area contributed by atoms with Gasteiger partial charge in [-0.1, -0.05) is 93.1 Å². The van der Waals surface area contributed by atoms with Crippen LogP contribution in [-0.4, -0.2) is 37.6 Å². The van der Waals surface area contributed by atoms with Crippen molar-refractivity contribution < 1.29 is 14.0 Å². The zero-order valence-electron chi connectivity index (χ0n) is 19.0. The van der Waals surface area contributed by atoms with E-state index in [2.05, 4.69) is 21.0 Å². The van der Waals surface area contributed by atoms with Crippen LogP contribution < -0.4 is 4.74 Å². The van der Waals surface area contributed by atoms with Gasteiger partial charge in [0.15, 0.2) is 5.75 Å². The second kappa shape index (κ2) is 15.3. The van der Waals surface area contributed by atoms with Gasteiger partial charge < -0.3 is 9.22 Å². The molecule has 30 heavy (non-hydrogen) atoms. The fourth-order valence-corrected chi connectivity index (χ4v) is 4.48. The number of hydrogen-bond donors (Lipinski definition) is 0. The highest BCUT2D eigenvalue weighted by molar-refractivity contribution is 6.40. The molecular formula is C24H39Cl3NO2+. The third-order valence-corrected chi connectivity index (χ3v) is 6.22. The van der Waals surface area contributed by atoms with E-state index in [1.54, 1.807) is 0 Å². The Bertz CT molecular complexity index is 612. The summed E-state index contributed by atoms with van der Waals surface area (Å²) in [7, 11) is 4.46. The van der Waals surface area contributed by atoms with Gasteiger partial charge in [0.25, 0.3) is 0 Å². The summed E-state index contributed by atoms with van der Waals surface area (Å²) in [4.78, 5) is 12.2. The Morgan fingerprint density at radius 2 is 1.27 bits per heavy atom. The molecule has 0 N–H and O–H groups in total. The van der Waals surface area contributed by atoms with Crippen molar-refractivity contribution in [3.8, 4) is 5.75 Å². The minimum Gasteiger partial charge on any atom is -0.423 e. The maximum Gasteiger partial charge on any atom is 0.311 e. The van der Waals surface area contributed by atoms with Crippen LogP contribution in [0.4, 0.5) is 0 Å². The van der Waals surface area contributed by atoms with Crippen LogP contribution in [0.15, 0.2) is 12.1 Å². The van der Waals surface area contributed by atoms with E-state index in [9.17, 15) is 4.79 Å². The first kappa shape index (κ1) is 27.6. The molecule has 0 unspecified atom stereocenters. The highest BCUT2D eigenvalue weighted by Gasteiger charge is 2.17. The summed E-state index contributed by atoms with van der Waals surface area (Å²) >= 11 is 18.0. The summed E-state index contributed by atoms with van der Waals surface area (Å²) in [6, 6.07) is 3.04. The van der Waals surface area contributed by atoms with Gasteiger partial charge in [0, 0.05) is 11.4 Å². The molecular weight excluding hydrogens is 441 g/mol. The van der Waals surface area contributed by atoms with Crippen LogP contribution in [0.1, 0.15) is 84.0 Å². The van der Waals surface area contributed by atoms with Crippen molar-refractivity contribution in [3.05, 3.63) is 27.2 Å². The van der Waals surface area contributed by atoms with E-state index in [1.807, 2.05) is 0 Å². The van der Waals surface area contributed by atoms with E-state index in [4.69, 9.17) is 39.5 Å². The van der Waals surface area contributed by atoms with E-state index >= 15 is 0 Å². The Kier molecular flexibility index (Phi) is 14.1. The number of benzene rings is 1. The van der Waals surface area contributed by atoms with Gasteiger partial charge in [0.1, 0.15) is 0 Å². The van der Waals surface area contributed by atoms with Gasteiger partial charge in [-0.05, 0) is 25.0 Å². The Morgan fingerprint density at radius 1 is 0.800 bits per heavy atom. The number of quaternary nitrogens is 1. The zero-order valence-corrected chi connectivity index (χ0v) is 21.2. The van der Waals surface area contributed by atoms with Crippen LogP contribution in [0.2, 0.25) is 15.1 Å². The van der Waals surface area contributed by atoms with Crippen molar-refractivity contribution in [1.82, 2.24) is 0 Å². The van der Waals surface area contributed by atoms with Crippen LogP contribution in [0.25, 0.3) is 0 Å². The predicted molar refractivity (Wildman–Crippen MR) is 130 cm³/mol. The summed E-state index contributed by atoms with van der Waals surface area (Å²) < 4.78 is 6.27. The molecule has 0 aromatic heterocycles. The van der Waals surface area contributed by atoms with Crippen molar-refractivity contribution in [1.29, 1.82) is 0 Å². The lowest BCUT2D eigenvalue weighted by molar-refractivity contribution is -0.890. The largest absolute Gasteiger partial charge is 0.423 e. The number of hydrogen-bond acceptors (Lipinski definition) is 2. The van der Waals surface area contributed by atoms with E-state index in [-0.39, 0.29) is 21.8 Å². The lowest BCUT2D eigenvalue weighted by Gasteiger charge is -2.29. The second-order valence-corrected chi connectivity index (χ2v) is 10.1. The number of carbonyl (C=O) groups is 1. The van der Waals surface area contributed by atoms with Gasteiger partial charge in [-0.15, -0.1) is 0 Å². The van der Waals surface area contributed by atoms with Crippen LogP contribution in [0.5, 0.6) is 5.75 Å². The minimum absolute atomic E-state index is 0.187. The number of esters is 1. The molecule has 0 atom stereocenters. The average molecular weight is 480 g/mol. The number of carbonyl (C=O) groups excluding carboxylic acids is 1.